The summed E-state index contributed by atoms with van der Waals surface area (Å²) < 4.78 is 0. The van der Waals surface area contributed by atoms with Crippen LogP contribution in [-0.4, -0.2) is 30.4 Å². The molecule has 1 amide bonds. The molecule has 2 N–H and O–H groups in total. The zero-order chi connectivity index (χ0) is 14.5. The number of nitrogens with zero attached hydrogens (tertiary/aromatic N) is 1. The molecule has 0 fully saturated rings. The van der Waals surface area contributed by atoms with Crippen LogP contribution in [0.15, 0.2) is 0 Å². The summed E-state index contributed by atoms with van der Waals surface area (Å²) in [6.45, 7) is 9.15. The molecule has 0 aliphatic rings. The number of rotatable bonds is 12. The fourth-order valence-electron chi connectivity index (χ4n) is 2.33. The van der Waals surface area contributed by atoms with E-state index in [1.807, 2.05) is 0 Å². The fourth-order valence-corrected chi connectivity index (χ4v) is 2.33. The Morgan fingerprint density at radius 3 is 2.05 bits per heavy atom. The van der Waals surface area contributed by atoms with Gasteiger partial charge in [0.05, 0.1) is 0 Å². The van der Waals surface area contributed by atoms with Gasteiger partial charge >= 0.3 is 0 Å². The van der Waals surface area contributed by atoms with Gasteiger partial charge in [0.25, 0.3) is 0 Å². The normalized spacial score (nSPS) is 12.4. The van der Waals surface area contributed by atoms with Crippen LogP contribution in [0.2, 0.25) is 0 Å². The van der Waals surface area contributed by atoms with Gasteiger partial charge in [-0.15, -0.1) is 0 Å². The van der Waals surface area contributed by atoms with Crippen LogP contribution in [0.1, 0.15) is 72.1 Å². The molecule has 3 nitrogen and oxygen atoms in total. The molecule has 0 saturated carbocycles. The monoisotopic (exact) mass is 270 g/mol. The van der Waals surface area contributed by atoms with E-state index >= 15 is 0 Å². The van der Waals surface area contributed by atoms with E-state index in [9.17, 15) is 4.79 Å². The van der Waals surface area contributed by atoms with Crippen molar-refractivity contribution in [3.05, 3.63) is 0 Å². The molecular weight excluding hydrogens is 236 g/mol. The third-order valence-corrected chi connectivity index (χ3v) is 3.83. The number of amides is 1. The number of nitrogens with two attached hydrogens (primary N) is 1. The molecule has 0 aromatic heterocycles. The van der Waals surface area contributed by atoms with Crippen molar-refractivity contribution in [1.82, 2.24) is 4.90 Å². The van der Waals surface area contributed by atoms with Crippen LogP contribution in [0.4, 0.5) is 0 Å². The van der Waals surface area contributed by atoms with Gasteiger partial charge in [0, 0.05) is 19.5 Å². The predicted molar refractivity (Wildman–Crippen MR) is 83.1 cm³/mol. The first-order chi connectivity index (χ1) is 9.19. The summed E-state index contributed by atoms with van der Waals surface area (Å²) in [5, 5.41) is 0. The van der Waals surface area contributed by atoms with Gasteiger partial charge in [-0.2, -0.15) is 0 Å². The van der Waals surface area contributed by atoms with Gasteiger partial charge in [-0.05, 0) is 38.1 Å². The van der Waals surface area contributed by atoms with Crippen molar-refractivity contribution in [3.8, 4) is 0 Å². The SMILES string of the molecule is CCCCN(CCCC)C(=O)CCC(CC)CCN. The lowest BCUT2D eigenvalue weighted by Gasteiger charge is -2.23. The van der Waals surface area contributed by atoms with E-state index < -0.39 is 0 Å². The zero-order valence-corrected chi connectivity index (χ0v) is 13.3. The second-order valence-corrected chi connectivity index (χ2v) is 5.48. The summed E-state index contributed by atoms with van der Waals surface area (Å²) in [6, 6.07) is 0. The Balaban J connectivity index is 4.13. The third-order valence-electron chi connectivity index (χ3n) is 3.83. The van der Waals surface area contributed by atoms with Crippen LogP contribution in [0, 0.1) is 5.92 Å². The highest BCUT2D eigenvalue weighted by Crippen LogP contribution is 2.16. The molecule has 1 atom stereocenters. The number of carbonyl (C=O) groups is 1. The summed E-state index contributed by atoms with van der Waals surface area (Å²) in [5.41, 5.74) is 5.61. The molecule has 0 bridgehead atoms. The second-order valence-electron chi connectivity index (χ2n) is 5.48. The van der Waals surface area contributed by atoms with Gasteiger partial charge in [0.15, 0.2) is 0 Å². The van der Waals surface area contributed by atoms with Crippen molar-refractivity contribution in [2.45, 2.75) is 72.1 Å². The summed E-state index contributed by atoms with van der Waals surface area (Å²) in [7, 11) is 0. The van der Waals surface area contributed by atoms with Gasteiger partial charge in [0.1, 0.15) is 0 Å². The maximum Gasteiger partial charge on any atom is 0.222 e. The van der Waals surface area contributed by atoms with Gasteiger partial charge < -0.3 is 10.6 Å². The maximum atomic E-state index is 12.3. The fraction of sp³-hybridized carbons (Fsp3) is 0.938. The number of hydrogen-bond acceptors (Lipinski definition) is 2. The molecule has 1 unspecified atom stereocenters. The molecule has 0 spiro atoms. The molecule has 19 heavy (non-hydrogen) atoms. The molecule has 114 valence electrons. The Bertz CT molecular complexity index is 211. The molecular formula is C16H34N2O. The topological polar surface area (TPSA) is 46.3 Å². The first kappa shape index (κ1) is 18.4. The van der Waals surface area contributed by atoms with Crippen LogP contribution >= 0.6 is 0 Å². The molecule has 0 radical (unpaired) electrons. The Kier molecular flexibility index (Phi) is 12.1. The minimum atomic E-state index is 0.345. The van der Waals surface area contributed by atoms with Crippen molar-refractivity contribution in [2.24, 2.45) is 11.7 Å². The first-order valence-corrected chi connectivity index (χ1v) is 8.17. The average Bonchev–Trinajstić information content (AvgIpc) is 2.43. The minimum Gasteiger partial charge on any atom is -0.343 e. The second kappa shape index (κ2) is 12.5. The van der Waals surface area contributed by atoms with Crippen LogP contribution in [0.5, 0.6) is 0 Å². The highest BCUT2D eigenvalue weighted by molar-refractivity contribution is 5.76. The summed E-state index contributed by atoms with van der Waals surface area (Å²) in [6.07, 6.45) is 8.43. The molecule has 0 heterocycles. The standard InChI is InChI=1S/C16H34N2O/c1-4-7-13-18(14-8-5-2)16(19)10-9-15(6-3)11-12-17/h15H,4-14,17H2,1-3H3. The van der Waals surface area contributed by atoms with Gasteiger partial charge in [0.2, 0.25) is 5.91 Å². The Morgan fingerprint density at radius 2 is 1.63 bits per heavy atom. The van der Waals surface area contributed by atoms with Crippen molar-refractivity contribution in [3.63, 3.8) is 0 Å². The largest absolute Gasteiger partial charge is 0.343 e. The van der Waals surface area contributed by atoms with E-state index in [0.29, 0.717) is 18.2 Å². The molecule has 0 aliphatic carbocycles. The Morgan fingerprint density at radius 1 is 1.05 bits per heavy atom. The van der Waals surface area contributed by atoms with E-state index in [-0.39, 0.29) is 0 Å². The van der Waals surface area contributed by atoms with Crippen molar-refractivity contribution in [1.29, 1.82) is 0 Å². The number of hydrogen-bond donors (Lipinski definition) is 1. The minimum absolute atomic E-state index is 0.345. The molecule has 0 aliphatic heterocycles. The van der Waals surface area contributed by atoms with E-state index in [4.69, 9.17) is 5.73 Å². The lowest BCUT2D eigenvalue weighted by atomic mass is 9.96. The van der Waals surface area contributed by atoms with E-state index in [1.165, 1.54) is 0 Å². The van der Waals surface area contributed by atoms with Crippen molar-refractivity contribution >= 4 is 5.91 Å². The molecule has 0 rings (SSSR count). The summed E-state index contributed by atoms with van der Waals surface area (Å²) in [4.78, 5) is 14.3. The van der Waals surface area contributed by atoms with Crippen LogP contribution in [0.3, 0.4) is 0 Å². The lowest BCUT2D eigenvalue weighted by Crippen LogP contribution is -2.33. The van der Waals surface area contributed by atoms with Crippen LogP contribution in [-0.2, 0) is 4.79 Å². The Labute approximate surface area is 119 Å². The van der Waals surface area contributed by atoms with Gasteiger partial charge in [-0.25, -0.2) is 0 Å². The van der Waals surface area contributed by atoms with Crippen molar-refractivity contribution in [2.75, 3.05) is 19.6 Å². The lowest BCUT2D eigenvalue weighted by molar-refractivity contribution is -0.131. The highest BCUT2D eigenvalue weighted by Gasteiger charge is 2.14. The highest BCUT2D eigenvalue weighted by atomic mass is 16.2. The predicted octanol–water partition coefficient (Wildman–Crippen LogP) is 3.57. The maximum absolute atomic E-state index is 12.3. The smallest absolute Gasteiger partial charge is 0.222 e. The van der Waals surface area contributed by atoms with Crippen LogP contribution in [0.25, 0.3) is 0 Å². The van der Waals surface area contributed by atoms with Crippen molar-refractivity contribution < 1.29 is 4.79 Å². The molecule has 0 saturated heterocycles. The van der Waals surface area contributed by atoms with E-state index in [0.717, 1.165) is 64.6 Å². The average molecular weight is 270 g/mol. The summed E-state index contributed by atoms with van der Waals surface area (Å²) >= 11 is 0. The molecule has 0 aromatic carbocycles. The van der Waals surface area contributed by atoms with Crippen LogP contribution < -0.4 is 5.73 Å². The first-order valence-electron chi connectivity index (χ1n) is 8.17. The third kappa shape index (κ3) is 9.04. The van der Waals surface area contributed by atoms with E-state index in [2.05, 4.69) is 25.7 Å². The molecule has 0 aromatic rings. The quantitative estimate of drug-likeness (QED) is 0.589. The Hall–Kier alpha value is -0.570. The van der Waals surface area contributed by atoms with E-state index in [1.54, 1.807) is 0 Å². The number of carbonyl (C=O) groups excluding carboxylic acids is 1. The molecule has 3 heteroatoms. The van der Waals surface area contributed by atoms with Gasteiger partial charge in [-0.1, -0.05) is 40.0 Å². The summed E-state index contributed by atoms with van der Waals surface area (Å²) in [5.74, 6) is 0.963. The number of unbranched alkanes of at least 4 members (excludes halogenated alkanes) is 2. The van der Waals surface area contributed by atoms with Gasteiger partial charge in [-0.3, -0.25) is 4.79 Å². The zero-order valence-electron chi connectivity index (χ0n) is 13.3.